The minimum Gasteiger partial charge on any atom is -0.481 e. The number of hydrogen-bond donors (Lipinski definition) is 10. The standard InChI is InChI=1S/C39H54N6O12/c1-40-28(15-17-32(46)47)35(51)42-22-23-9-13-26(14-10-23)34(50)43-31(21-24-11-12-25-6-2-3-7-27(25)20-24)36(52)41-19-5-4-8-29(37(53)54)44-39(57)45-30(38(55)56)16-18-33(48)49/h2-3,6-7,11-12,20,23,26,28-31,40H,4-5,8-10,13-19,21-22H2,1H3,(H,41,52)(H,42,51)(H,43,50)(H,46,47)(H,48,49)(H,53,54)(H,55,56)(H2,44,45,57). The number of carbonyl (C=O) groups is 8. The van der Waals surface area contributed by atoms with Crippen molar-refractivity contribution in [2.45, 2.75) is 101 Å². The first-order valence-corrected chi connectivity index (χ1v) is 19.1. The molecule has 2 aromatic rings. The summed E-state index contributed by atoms with van der Waals surface area (Å²) in [5.74, 6) is -6.22. The van der Waals surface area contributed by atoms with Crippen molar-refractivity contribution in [2.75, 3.05) is 20.1 Å². The van der Waals surface area contributed by atoms with Crippen LogP contribution in [0.4, 0.5) is 4.79 Å². The fourth-order valence-corrected chi connectivity index (χ4v) is 6.72. The third kappa shape index (κ3) is 16.1. The summed E-state index contributed by atoms with van der Waals surface area (Å²) in [6.45, 7) is 0.543. The van der Waals surface area contributed by atoms with Crippen molar-refractivity contribution in [3.05, 3.63) is 48.0 Å². The first-order valence-electron chi connectivity index (χ1n) is 19.1. The van der Waals surface area contributed by atoms with Gasteiger partial charge in [0.25, 0.3) is 0 Å². The molecule has 2 aromatic carbocycles. The number of carboxylic acid groups (broad SMARTS) is 4. The average molecular weight is 799 g/mol. The van der Waals surface area contributed by atoms with Crippen LogP contribution >= 0.6 is 0 Å². The van der Waals surface area contributed by atoms with E-state index in [1.807, 2.05) is 42.5 Å². The molecule has 1 fully saturated rings. The van der Waals surface area contributed by atoms with Crippen molar-refractivity contribution in [1.29, 1.82) is 0 Å². The molecule has 3 rings (SSSR count). The third-order valence-electron chi connectivity index (χ3n) is 10.1. The highest BCUT2D eigenvalue weighted by Gasteiger charge is 2.31. The lowest BCUT2D eigenvalue weighted by molar-refractivity contribution is -0.141. The molecule has 0 aromatic heterocycles. The van der Waals surface area contributed by atoms with Gasteiger partial charge in [0.15, 0.2) is 0 Å². The van der Waals surface area contributed by atoms with Crippen molar-refractivity contribution in [2.24, 2.45) is 11.8 Å². The molecule has 4 unspecified atom stereocenters. The van der Waals surface area contributed by atoms with Crippen LogP contribution in [0.15, 0.2) is 42.5 Å². The van der Waals surface area contributed by atoms with E-state index in [1.165, 1.54) is 0 Å². The summed E-state index contributed by atoms with van der Waals surface area (Å²) in [6.07, 6.45) is 2.33. The molecule has 1 aliphatic carbocycles. The van der Waals surface area contributed by atoms with Crippen LogP contribution in [-0.2, 0) is 40.0 Å². The van der Waals surface area contributed by atoms with Gasteiger partial charge < -0.3 is 52.3 Å². The lowest BCUT2D eigenvalue weighted by Crippen LogP contribution is -2.51. The van der Waals surface area contributed by atoms with Crippen LogP contribution in [0.3, 0.4) is 0 Å². The van der Waals surface area contributed by atoms with E-state index in [-0.39, 0.29) is 62.3 Å². The maximum Gasteiger partial charge on any atom is 0.326 e. The van der Waals surface area contributed by atoms with Gasteiger partial charge in [-0.1, -0.05) is 42.5 Å². The van der Waals surface area contributed by atoms with E-state index in [0.29, 0.717) is 38.6 Å². The predicted octanol–water partition coefficient (Wildman–Crippen LogP) is 1.60. The highest BCUT2D eigenvalue weighted by atomic mass is 16.4. The molecule has 312 valence electrons. The number of nitrogens with one attached hydrogen (secondary N) is 6. The van der Waals surface area contributed by atoms with Gasteiger partial charge in [-0.25, -0.2) is 14.4 Å². The van der Waals surface area contributed by atoms with Gasteiger partial charge in [0, 0.05) is 38.3 Å². The van der Waals surface area contributed by atoms with E-state index in [2.05, 4.69) is 31.9 Å². The fourth-order valence-electron chi connectivity index (χ4n) is 6.72. The molecule has 0 saturated heterocycles. The quantitative estimate of drug-likeness (QED) is 0.0677. The fraction of sp³-hybridized carbons (Fsp3) is 0.538. The van der Waals surface area contributed by atoms with Crippen molar-refractivity contribution < 1.29 is 58.8 Å². The minimum absolute atomic E-state index is 0.0457. The Morgan fingerprint density at radius 3 is 1.82 bits per heavy atom. The summed E-state index contributed by atoms with van der Waals surface area (Å²) in [5, 5.41) is 54.4. The van der Waals surface area contributed by atoms with Crippen molar-refractivity contribution in [3.8, 4) is 0 Å². The third-order valence-corrected chi connectivity index (χ3v) is 10.1. The monoisotopic (exact) mass is 798 g/mol. The highest BCUT2D eigenvalue weighted by molar-refractivity contribution is 5.89. The summed E-state index contributed by atoms with van der Waals surface area (Å²) in [7, 11) is 1.60. The van der Waals surface area contributed by atoms with Crippen LogP contribution < -0.4 is 31.9 Å². The zero-order valence-electron chi connectivity index (χ0n) is 32.0. The smallest absolute Gasteiger partial charge is 0.326 e. The second-order valence-electron chi connectivity index (χ2n) is 14.3. The molecule has 0 heterocycles. The lowest BCUT2D eigenvalue weighted by atomic mass is 9.81. The van der Waals surface area contributed by atoms with E-state index in [0.717, 1.165) is 16.3 Å². The molecule has 0 spiro atoms. The number of aliphatic carboxylic acids is 4. The van der Waals surface area contributed by atoms with Gasteiger partial charge >= 0.3 is 29.9 Å². The van der Waals surface area contributed by atoms with Gasteiger partial charge in [-0.2, -0.15) is 0 Å². The highest BCUT2D eigenvalue weighted by Crippen LogP contribution is 2.29. The Balaban J connectivity index is 1.54. The normalized spacial score (nSPS) is 17.2. The maximum atomic E-state index is 13.6. The van der Waals surface area contributed by atoms with Gasteiger partial charge in [0.1, 0.15) is 18.1 Å². The second-order valence-corrected chi connectivity index (χ2v) is 14.3. The van der Waals surface area contributed by atoms with Gasteiger partial charge in [0.05, 0.1) is 6.04 Å². The van der Waals surface area contributed by atoms with Crippen LogP contribution in [-0.4, -0.2) is 112 Å². The van der Waals surface area contributed by atoms with E-state index in [9.17, 15) is 48.6 Å². The molecule has 5 amide bonds. The minimum atomic E-state index is -1.53. The van der Waals surface area contributed by atoms with Crippen molar-refractivity contribution in [3.63, 3.8) is 0 Å². The number of likely N-dealkylation sites (N-methyl/N-ethyl adjacent to an activating group) is 1. The lowest BCUT2D eigenvalue weighted by Gasteiger charge is -2.29. The van der Waals surface area contributed by atoms with Gasteiger partial charge in [-0.05, 0) is 87.1 Å². The van der Waals surface area contributed by atoms with Gasteiger partial charge in [0.2, 0.25) is 17.7 Å². The number of carboxylic acids is 4. The number of carbonyl (C=O) groups excluding carboxylic acids is 4. The summed E-state index contributed by atoms with van der Waals surface area (Å²) < 4.78 is 0. The second kappa shape index (κ2) is 23.3. The summed E-state index contributed by atoms with van der Waals surface area (Å²) in [6, 6.07) is 8.03. The predicted molar refractivity (Wildman–Crippen MR) is 206 cm³/mol. The summed E-state index contributed by atoms with van der Waals surface area (Å²) in [4.78, 5) is 96.8. The Hall–Kier alpha value is -5.78. The maximum absolute atomic E-state index is 13.6. The van der Waals surface area contributed by atoms with E-state index in [1.54, 1.807) is 7.05 Å². The first-order chi connectivity index (χ1) is 27.2. The van der Waals surface area contributed by atoms with E-state index >= 15 is 0 Å². The van der Waals surface area contributed by atoms with E-state index in [4.69, 9.17) is 10.2 Å². The van der Waals surface area contributed by atoms with Crippen molar-refractivity contribution in [1.82, 2.24) is 31.9 Å². The van der Waals surface area contributed by atoms with Gasteiger partial charge in [-0.15, -0.1) is 0 Å². The number of benzene rings is 2. The first kappa shape index (κ1) is 45.6. The molecule has 0 radical (unpaired) electrons. The molecule has 10 N–H and O–H groups in total. The molecule has 0 aliphatic heterocycles. The Bertz CT molecular complexity index is 1730. The number of urea groups is 1. The van der Waals surface area contributed by atoms with Crippen molar-refractivity contribution >= 4 is 58.4 Å². The molecular weight excluding hydrogens is 744 g/mol. The number of fused-ring (bicyclic) bond motifs is 1. The molecule has 57 heavy (non-hydrogen) atoms. The van der Waals surface area contributed by atoms with Crippen LogP contribution in [0.5, 0.6) is 0 Å². The Labute approximate surface area is 329 Å². The van der Waals surface area contributed by atoms with Crippen LogP contribution in [0.25, 0.3) is 10.8 Å². The molecule has 18 nitrogen and oxygen atoms in total. The Morgan fingerprint density at radius 2 is 1.23 bits per heavy atom. The Morgan fingerprint density at radius 1 is 0.649 bits per heavy atom. The largest absolute Gasteiger partial charge is 0.481 e. The molecule has 1 aliphatic rings. The SMILES string of the molecule is CNC(CCC(=O)O)C(=O)NCC1CCC(C(=O)NC(Cc2ccc3ccccc3c2)C(=O)NCCCCC(NC(=O)NC(CCC(=O)O)C(=O)O)C(=O)O)CC1. The molecule has 4 atom stereocenters. The Kier molecular flexibility index (Phi) is 18.7. The topological polar surface area (TPSA) is 290 Å². The van der Waals surface area contributed by atoms with Crippen LogP contribution in [0, 0.1) is 11.8 Å². The van der Waals surface area contributed by atoms with Crippen LogP contribution in [0.1, 0.15) is 76.2 Å². The summed E-state index contributed by atoms with van der Waals surface area (Å²) in [5.41, 5.74) is 0.832. The average Bonchev–Trinajstić information content (AvgIpc) is 3.17. The molecule has 1 saturated carbocycles. The molecule has 18 heteroatoms. The zero-order valence-corrected chi connectivity index (χ0v) is 32.0. The number of rotatable bonds is 24. The number of unbranched alkanes of at least 4 members (excludes halogenated alkanes) is 1. The van der Waals surface area contributed by atoms with E-state index < -0.39 is 72.8 Å². The number of amides is 5. The summed E-state index contributed by atoms with van der Waals surface area (Å²) >= 11 is 0. The van der Waals surface area contributed by atoms with Gasteiger partial charge in [-0.3, -0.25) is 24.0 Å². The molecular formula is C39H54N6O12. The number of hydrogen-bond acceptors (Lipinski definition) is 9. The van der Waals surface area contributed by atoms with Crippen LogP contribution in [0.2, 0.25) is 0 Å². The zero-order chi connectivity index (χ0) is 41.9. The molecule has 0 bridgehead atoms.